The van der Waals surface area contributed by atoms with E-state index in [2.05, 4.69) is 25.2 Å². The van der Waals surface area contributed by atoms with Crippen molar-refractivity contribution >= 4 is 23.1 Å². The van der Waals surface area contributed by atoms with Gasteiger partial charge in [0.05, 0.1) is 11.4 Å². The van der Waals surface area contributed by atoms with Crippen LogP contribution in [0.25, 0.3) is 11.4 Å². The summed E-state index contributed by atoms with van der Waals surface area (Å²) in [6.45, 7) is 6.44. The van der Waals surface area contributed by atoms with Gasteiger partial charge >= 0.3 is 0 Å². The first-order valence-electron chi connectivity index (χ1n) is 7.21. The lowest BCUT2D eigenvalue weighted by molar-refractivity contribution is 0.102. The molecule has 0 saturated heterocycles. The summed E-state index contributed by atoms with van der Waals surface area (Å²) in [7, 11) is 0. The smallest absolute Gasteiger partial charge is 0.255 e. The molecule has 0 spiro atoms. The summed E-state index contributed by atoms with van der Waals surface area (Å²) >= 11 is 1.38. The number of nitrogens with one attached hydrogen (secondary N) is 1. The Balaban J connectivity index is 1.89. The molecule has 1 amide bonds. The molecule has 0 saturated carbocycles. The molecule has 0 aliphatic heterocycles. The van der Waals surface area contributed by atoms with E-state index in [0.29, 0.717) is 17.9 Å². The van der Waals surface area contributed by atoms with Crippen LogP contribution in [0, 0.1) is 13.8 Å². The molecular weight excluding hydrogens is 312 g/mol. The van der Waals surface area contributed by atoms with E-state index in [1.165, 1.54) is 11.5 Å². The van der Waals surface area contributed by atoms with Gasteiger partial charge in [0.2, 0.25) is 0 Å². The van der Waals surface area contributed by atoms with E-state index in [-0.39, 0.29) is 5.91 Å². The predicted octanol–water partition coefficient (Wildman–Crippen LogP) is 2.69. The number of tetrazole rings is 1. The zero-order chi connectivity index (χ0) is 16.4. The van der Waals surface area contributed by atoms with E-state index in [1.807, 2.05) is 32.9 Å². The van der Waals surface area contributed by atoms with E-state index < -0.39 is 0 Å². The van der Waals surface area contributed by atoms with Crippen LogP contribution in [0.1, 0.15) is 27.9 Å². The average Bonchev–Trinajstić information content (AvgIpc) is 3.16. The summed E-state index contributed by atoms with van der Waals surface area (Å²) in [6, 6.07) is 7.27. The maximum atomic E-state index is 12.5. The number of carbonyl (C=O) groups excluding carboxylic acids is 1. The molecule has 118 valence electrons. The van der Waals surface area contributed by atoms with Crippen LogP contribution in [-0.4, -0.2) is 30.5 Å². The highest BCUT2D eigenvalue weighted by Crippen LogP contribution is 2.24. The van der Waals surface area contributed by atoms with E-state index in [1.54, 1.807) is 16.8 Å². The van der Waals surface area contributed by atoms with Gasteiger partial charge in [-0.3, -0.25) is 4.79 Å². The van der Waals surface area contributed by atoms with Crippen molar-refractivity contribution < 1.29 is 4.79 Å². The highest BCUT2D eigenvalue weighted by Gasteiger charge is 2.14. The van der Waals surface area contributed by atoms with Crippen molar-refractivity contribution in [1.82, 2.24) is 24.6 Å². The quantitative estimate of drug-likeness (QED) is 0.796. The van der Waals surface area contributed by atoms with Gasteiger partial charge < -0.3 is 5.32 Å². The van der Waals surface area contributed by atoms with Crippen LogP contribution in [-0.2, 0) is 6.54 Å². The molecule has 0 aliphatic rings. The molecule has 3 aromatic rings. The molecule has 2 aromatic heterocycles. The fourth-order valence-electron chi connectivity index (χ4n) is 2.27. The minimum Gasteiger partial charge on any atom is -0.319 e. The van der Waals surface area contributed by atoms with Crippen LogP contribution in [0.3, 0.4) is 0 Å². The molecule has 0 atom stereocenters. The third-order valence-corrected chi connectivity index (χ3v) is 4.33. The molecule has 2 heterocycles. The number of hydrogen-bond donors (Lipinski definition) is 1. The van der Waals surface area contributed by atoms with Gasteiger partial charge in [-0.15, -0.1) is 5.10 Å². The molecule has 1 N–H and O–H groups in total. The van der Waals surface area contributed by atoms with E-state index in [0.717, 1.165) is 21.8 Å². The van der Waals surface area contributed by atoms with Crippen molar-refractivity contribution in [2.45, 2.75) is 27.3 Å². The Morgan fingerprint density at radius 3 is 2.87 bits per heavy atom. The Morgan fingerprint density at radius 2 is 2.17 bits per heavy atom. The molecule has 1 aromatic carbocycles. The Morgan fingerprint density at radius 1 is 1.35 bits per heavy atom. The van der Waals surface area contributed by atoms with Crippen molar-refractivity contribution in [1.29, 1.82) is 0 Å². The Bertz CT molecular complexity index is 834. The summed E-state index contributed by atoms with van der Waals surface area (Å²) in [4.78, 5) is 13.5. The number of carbonyl (C=O) groups is 1. The topological polar surface area (TPSA) is 85.6 Å². The zero-order valence-electron chi connectivity index (χ0n) is 13.1. The third-order valence-electron chi connectivity index (χ3n) is 3.49. The molecular formula is C15H16N6OS. The zero-order valence-corrected chi connectivity index (χ0v) is 13.9. The molecule has 7 nitrogen and oxygen atoms in total. The number of aryl methyl sites for hydroxylation is 3. The fraction of sp³-hybridized carbons (Fsp3) is 0.267. The Kier molecular flexibility index (Phi) is 4.16. The number of hydrogen-bond acceptors (Lipinski definition) is 6. The predicted molar refractivity (Wildman–Crippen MR) is 88.5 cm³/mol. The van der Waals surface area contributed by atoms with Gasteiger partial charge in [0, 0.05) is 22.5 Å². The van der Waals surface area contributed by atoms with Crippen molar-refractivity contribution in [3.63, 3.8) is 0 Å². The van der Waals surface area contributed by atoms with Gasteiger partial charge in [0.25, 0.3) is 5.91 Å². The van der Waals surface area contributed by atoms with Crippen molar-refractivity contribution in [2.24, 2.45) is 0 Å². The Labute approximate surface area is 137 Å². The standard InChI is InChI=1S/C15H16N6OS/c1-4-21-14(17-19-20-21)11-6-5-7-12(8-11)15(22)16-13-9(2)18-23-10(13)3/h5-8H,4H2,1-3H3,(H,16,22). The van der Waals surface area contributed by atoms with Gasteiger partial charge in [-0.05, 0) is 54.9 Å². The van der Waals surface area contributed by atoms with Crippen LogP contribution < -0.4 is 5.32 Å². The van der Waals surface area contributed by atoms with Crippen LogP contribution in [0.4, 0.5) is 5.69 Å². The lowest BCUT2D eigenvalue weighted by Crippen LogP contribution is -2.13. The van der Waals surface area contributed by atoms with Crippen LogP contribution >= 0.6 is 11.5 Å². The first-order chi connectivity index (χ1) is 11.1. The van der Waals surface area contributed by atoms with E-state index in [4.69, 9.17) is 0 Å². The third kappa shape index (κ3) is 2.98. The molecule has 3 rings (SSSR count). The monoisotopic (exact) mass is 328 g/mol. The molecule has 0 aliphatic carbocycles. The normalized spacial score (nSPS) is 10.7. The number of aromatic nitrogens is 5. The minimum atomic E-state index is -0.172. The number of amides is 1. The lowest BCUT2D eigenvalue weighted by atomic mass is 10.1. The van der Waals surface area contributed by atoms with E-state index in [9.17, 15) is 4.79 Å². The average molecular weight is 328 g/mol. The maximum absolute atomic E-state index is 12.5. The van der Waals surface area contributed by atoms with Gasteiger partial charge in [-0.25, -0.2) is 4.68 Å². The number of anilines is 1. The maximum Gasteiger partial charge on any atom is 0.255 e. The second-order valence-electron chi connectivity index (χ2n) is 5.05. The first kappa shape index (κ1) is 15.3. The number of nitrogens with zero attached hydrogens (tertiary/aromatic N) is 5. The van der Waals surface area contributed by atoms with Crippen LogP contribution in [0.5, 0.6) is 0 Å². The van der Waals surface area contributed by atoms with Crippen molar-refractivity contribution in [2.75, 3.05) is 5.32 Å². The SMILES string of the molecule is CCn1nnnc1-c1cccc(C(=O)Nc2c(C)nsc2C)c1. The molecule has 23 heavy (non-hydrogen) atoms. The molecule has 0 fully saturated rings. The highest BCUT2D eigenvalue weighted by atomic mass is 32.1. The van der Waals surface area contributed by atoms with Crippen molar-refractivity contribution in [3.05, 3.63) is 40.4 Å². The lowest BCUT2D eigenvalue weighted by Gasteiger charge is -2.07. The molecule has 8 heteroatoms. The molecule has 0 bridgehead atoms. The summed E-state index contributed by atoms with van der Waals surface area (Å²) in [6.07, 6.45) is 0. The second kappa shape index (κ2) is 6.25. The summed E-state index contributed by atoms with van der Waals surface area (Å²) < 4.78 is 5.93. The van der Waals surface area contributed by atoms with Crippen LogP contribution in [0.2, 0.25) is 0 Å². The van der Waals surface area contributed by atoms with Gasteiger partial charge in [-0.2, -0.15) is 4.37 Å². The second-order valence-corrected chi connectivity index (χ2v) is 6.03. The fourth-order valence-corrected chi connectivity index (χ4v) is 2.93. The number of benzene rings is 1. The first-order valence-corrected chi connectivity index (χ1v) is 7.98. The molecule has 0 radical (unpaired) electrons. The highest BCUT2D eigenvalue weighted by molar-refractivity contribution is 7.06. The van der Waals surface area contributed by atoms with Crippen LogP contribution in [0.15, 0.2) is 24.3 Å². The van der Waals surface area contributed by atoms with E-state index >= 15 is 0 Å². The Hall–Kier alpha value is -2.61. The minimum absolute atomic E-state index is 0.172. The van der Waals surface area contributed by atoms with Gasteiger partial charge in [0.1, 0.15) is 0 Å². The molecule has 0 unspecified atom stereocenters. The summed E-state index contributed by atoms with van der Waals surface area (Å²) in [5, 5.41) is 14.6. The largest absolute Gasteiger partial charge is 0.319 e. The number of rotatable bonds is 4. The van der Waals surface area contributed by atoms with Gasteiger partial charge in [-0.1, -0.05) is 12.1 Å². The summed E-state index contributed by atoms with van der Waals surface area (Å²) in [5.74, 6) is 0.473. The van der Waals surface area contributed by atoms with Gasteiger partial charge in [0.15, 0.2) is 5.82 Å². The summed E-state index contributed by atoms with van der Waals surface area (Å²) in [5.41, 5.74) is 2.97. The van der Waals surface area contributed by atoms with Crippen molar-refractivity contribution in [3.8, 4) is 11.4 Å².